The van der Waals surface area contributed by atoms with Gasteiger partial charge in [-0.3, -0.25) is 0 Å². The second-order valence-corrected chi connectivity index (χ2v) is 8.44. The van der Waals surface area contributed by atoms with Crippen LogP contribution in [0.25, 0.3) is 6.08 Å². The van der Waals surface area contributed by atoms with Gasteiger partial charge in [-0.25, -0.2) is 13.4 Å². The maximum absolute atomic E-state index is 13.2. The van der Waals surface area contributed by atoms with Gasteiger partial charge in [-0.2, -0.15) is 4.72 Å². The number of aromatic nitrogens is 2. The molecule has 0 bridgehead atoms. The molecule has 0 radical (unpaired) electrons. The maximum atomic E-state index is 13.2. The normalized spacial score (nSPS) is 15.1. The molecule has 0 saturated carbocycles. The van der Waals surface area contributed by atoms with Gasteiger partial charge in [-0.05, 0) is 35.6 Å². The van der Waals surface area contributed by atoms with Crippen LogP contribution in [0.3, 0.4) is 0 Å². The van der Waals surface area contributed by atoms with E-state index in [4.69, 9.17) is 0 Å². The molecule has 1 aliphatic carbocycles. The average Bonchev–Trinajstić information content (AvgIpc) is 3.12. The number of benzene rings is 2. The zero-order valence-corrected chi connectivity index (χ0v) is 15.9. The van der Waals surface area contributed by atoms with E-state index in [2.05, 4.69) is 9.71 Å². The van der Waals surface area contributed by atoms with Gasteiger partial charge >= 0.3 is 0 Å². The standard InChI is InChI=1S/C21H21N3O2S/c1-24-14-13-22-21(24)20(17-8-3-2-4-9-17)23-27(25,26)19-12-11-16-7-5-6-10-18(16)15-19/h2-10,13-15,20,23H,11-12H2,1H3/t20-/m1/s1. The fourth-order valence-electron chi connectivity index (χ4n) is 3.42. The molecule has 1 atom stereocenters. The summed E-state index contributed by atoms with van der Waals surface area (Å²) in [4.78, 5) is 4.79. The summed E-state index contributed by atoms with van der Waals surface area (Å²) in [6.45, 7) is 0. The van der Waals surface area contributed by atoms with E-state index >= 15 is 0 Å². The molecule has 0 saturated heterocycles. The lowest BCUT2D eigenvalue weighted by atomic mass is 9.98. The molecule has 4 rings (SSSR count). The van der Waals surface area contributed by atoms with Crippen molar-refractivity contribution in [2.24, 2.45) is 7.05 Å². The third kappa shape index (κ3) is 3.59. The number of sulfonamides is 1. The number of nitrogens with one attached hydrogen (secondary N) is 1. The molecule has 3 aromatic rings. The fourth-order valence-corrected chi connectivity index (χ4v) is 4.78. The van der Waals surface area contributed by atoms with Crippen molar-refractivity contribution < 1.29 is 8.42 Å². The minimum atomic E-state index is -3.66. The molecule has 0 spiro atoms. The Hall–Kier alpha value is -2.70. The van der Waals surface area contributed by atoms with Gasteiger partial charge in [0.25, 0.3) is 0 Å². The summed E-state index contributed by atoms with van der Waals surface area (Å²) in [5.74, 6) is 0.654. The number of imidazole rings is 1. The van der Waals surface area contributed by atoms with E-state index in [0.29, 0.717) is 17.2 Å². The Morgan fingerprint density at radius 1 is 1.04 bits per heavy atom. The lowest BCUT2D eigenvalue weighted by Gasteiger charge is -2.22. The highest BCUT2D eigenvalue weighted by Gasteiger charge is 2.28. The predicted octanol–water partition coefficient (Wildman–Crippen LogP) is 3.42. The van der Waals surface area contributed by atoms with Crippen molar-refractivity contribution in [3.63, 3.8) is 0 Å². The first-order chi connectivity index (χ1) is 13.0. The zero-order valence-electron chi connectivity index (χ0n) is 15.0. The lowest BCUT2D eigenvalue weighted by molar-refractivity contribution is 0.567. The second-order valence-electron chi connectivity index (χ2n) is 6.67. The van der Waals surface area contributed by atoms with Crippen LogP contribution in [0.1, 0.15) is 35.0 Å². The monoisotopic (exact) mass is 379 g/mol. The SMILES string of the molecule is Cn1ccnc1[C@H](NS(=O)(=O)C1=Cc2ccccc2CC1)c1ccccc1. The second kappa shape index (κ2) is 7.13. The molecule has 1 aromatic heterocycles. The van der Waals surface area contributed by atoms with Gasteiger partial charge in [0.05, 0.1) is 4.91 Å². The highest BCUT2D eigenvalue weighted by atomic mass is 32.2. The van der Waals surface area contributed by atoms with Gasteiger partial charge in [-0.1, -0.05) is 54.6 Å². The van der Waals surface area contributed by atoms with E-state index in [-0.39, 0.29) is 0 Å². The Morgan fingerprint density at radius 2 is 1.78 bits per heavy atom. The highest BCUT2D eigenvalue weighted by Crippen LogP contribution is 2.29. The fraction of sp³-hybridized carbons (Fsp3) is 0.190. The molecule has 1 N–H and O–H groups in total. The maximum Gasteiger partial charge on any atom is 0.237 e. The van der Waals surface area contributed by atoms with Crippen molar-refractivity contribution in [1.82, 2.24) is 14.3 Å². The molecule has 27 heavy (non-hydrogen) atoms. The molecule has 138 valence electrons. The molecule has 1 aliphatic rings. The van der Waals surface area contributed by atoms with Crippen molar-refractivity contribution in [1.29, 1.82) is 0 Å². The number of rotatable bonds is 5. The summed E-state index contributed by atoms with van der Waals surface area (Å²) < 4.78 is 31.1. The van der Waals surface area contributed by atoms with Gasteiger partial charge in [0.2, 0.25) is 10.0 Å². The lowest BCUT2D eigenvalue weighted by Crippen LogP contribution is -2.32. The summed E-state index contributed by atoms with van der Waals surface area (Å²) in [5.41, 5.74) is 3.00. The molecule has 0 fully saturated rings. The van der Waals surface area contributed by atoms with Crippen molar-refractivity contribution in [2.75, 3.05) is 0 Å². The van der Waals surface area contributed by atoms with Gasteiger partial charge in [-0.15, -0.1) is 0 Å². The van der Waals surface area contributed by atoms with Crippen LogP contribution in [-0.4, -0.2) is 18.0 Å². The number of hydrogen-bond acceptors (Lipinski definition) is 3. The number of nitrogens with zero attached hydrogens (tertiary/aromatic N) is 2. The van der Waals surface area contributed by atoms with Crippen molar-refractivity contribution in [2.45, 2.75) is 18.9 Å². The molecular formula is C21H21N3O2S. The number of aryl methyl sites for hydroxylation is 2. The summed E-state index contributed by atoms with van der Waals surface area (Å²) in [5, 5.41) is 0. The zero-order chi connectivity index (χ0) is 18.9. The number of hydrogen-bond donors (Lipinski definition) is 1. The van der Waals surface area contributed by atoms with Gasteiger partial charge in [0.15, 0.2) is 0 Å². The number of fused-ring (bicyclic) bond motifs is 1. The van der Waals surface area contributed by atoms with Crippen LogP contribution in [0, 0.1) is 0 Å². The number of allylic oxidation sites excluding steroid dienone is 1. The molecule has 2 aromatic carbocycles. The van der Waals surface area contributed by atoms with Crippen LogP contribution in [-0.2, 0) is 23.5 Å². The van der Waals surface area contributed by atoms with E-state index in [1.165, 1.54) is 5.56 Å². The smallest absolute Gasteiger partial charge is 0.237 e. The molecule has 0 aliphatic heterocycles. The van der Waals surface area contributed by atoms with E-state index in [0.717, 1.165) is 17.5 Å². The van der Waals surface area contributed by atoms with Crippen LogP contribution in [0.4, 0.5) is 0 Å². The van der Waals surface area contributed by atoms with E-state index in [1.54, 1.807) is 12.3 Å². The molecule has 1 heterocycles. The van der Waals surface area contributed by atoms with Crippen LogP contribution < -0.4 is 4.72 Å². The van der Waals surface area contributed by atoms with Crippen LogP contribution in [0.15, 0.2) is 71.9 Å². The first kappa shape index (κ1) is 17.7. The van der Waals surface area contributed by atoms with E-state index in [1.807, 2.05) is 72.4 Å². The largest absolute Gasteiger partial charge is 0.336 e. The molecule has 0 amide bonds. The molecule has 0 unspecified atom stereocenters. The topological polar surface area (TPSA) is 64.0 Å². The van der Waals surface area contributed by atoms with Gasteiger partial charge in [0, 0.05) is 19.4 Å². The van der Waals surface area contributed by atoms with Crippen LogP contribution in [0.2, 0.25) is 0 Å². The van der Waals surface area contributed by atoms with Crippen LogP contribution >= 0.6 is 0 Å². The van der Waals surface area contributed by atoms with Gasteiger partial charge < -0.3 is 4.57 Å². The summed E-state index contributed by atoms with van der Waals surface area (Å²) >= 11 is 0. The molecule has 5 nitrogen and oxygen atoms in total. The minimum Gasteiger partial charge on any atom is -0.336 e. The van der Waals surface area contributed by atoms with Gasteiger partial charge in [0.1, 0.15) is 11.9 Å². The van der Waals surface area contributed by atoms with E-state index in [9.17, 15) is 8.42 Å². The summed E-state index contributed by atoms with van der Waals surface area (Å²) in [6, 6.07) is 16.9. The third-order valence-corrected chi connectivity index (χ3v) is 6.44. The van der Waals surface area contributed by atoms with Crippen molar-refractivity contribution in [3.8, 4) is 0 Å². The third-order valence-electron chi connectivity index (χ3n) is 4.88. The van der Waals surface area contributed by atoms with Crippen molar-refractivity contribution in [3.05, 3.63) is 94.4 Å². The Kier molecular flexibility index (Phi) is 4.68. The Bertz CT molecular complexity index is 1090. The highest BCUT2D eigenvalue weighted by molar-refractivity contribution is 7.93. The molecular weight excluding hydrogens is 358 g/mol. The minimum absolute atomic E-state index is 0.413. The van der Waals surface area contributed by atoms with Crippen molar-refractivity contribution >= 4 is 16.1 Å². The average molecular weight is 379 g/mol. The molecule has 6 heteroatoms. The Morgan fingerprint density at radius 3 is 2.52 bits per heavy atom. The predicted molar refractivity (Wildman–Crippen MR) is 106 cm³/mol. The summed E-state index contributed by atoms with van der Waals surface area (Å²) in [6.07, 6.45) is 6.49. The quantitative estimate of drug-likeness (QED) is 0.739. The Balaban J connectivity index is 1.71. The first-order valence-corrected chi connectivity index (χ1v) is 10.4. The first-order valence-electron chi connectivity index (χ1n) is 8.87. The Labute approximate surface area is 159 Å². The summed E-state index contributed by atoms with van der Waals surface area (Å²) in [7, 11) is -1.79. The van der Waals surface area contributed by atoms with E-state index < -0.39 is 16.1 Å². The van der Waals surface area contributed by atoms with Crippen LogP contribution in [0.5, 0.6) is 0 Å².